The van der Waals surface area contributed by atoms with Gasteiger partial charge < -0.3 is 9.47 Å². The largest absolute Gasteiger partial charge is 0.491 e. The molecule has 0 saturated heterocycles. The average molecular weight is 393 g/mol. The van der Waals surface area contributed by atoms with E-state index < -0.39 is 0 Å². The zero-order valence-electron chi connectivity index (χ0n) is 9.81. The van der Waals surface area contributed by atoms with Gasteiger partial charge in [0.25, 0.3) is 5.19 Å². The third-order valence-electron chi connectivity index (χ3n) is 1.93. The highest BCUT2D eigenvalue weighted by molar-refractivity contribution is 9.11. The van der Waals surface area contributed by atoms with Crippen LogP contribution >= 0.6 is 43.2 Å². The van der Waals surface area contributed by atoms with Crippen molar-refractivity contribution in [2.45, 2.75) is 20.0 Å². The van der Waals surface area contributed by atoms with Crippen LogP contribution in [0.2, 0.25) is 0 Å². The summed E-state index contributed by atoms with van der Waals surface area (Å²) in [5.41, 5.74) is 0. The molecule has 0 atom stereocenters. The van der Waals surface area contributed by atoms with Crippen molar-refractivity contribution in [2.75, 3.05) is 0 Å². The van der Waals surface area contributed by atoms with E-state index in [-0.39, 0.29) is 6.10 Å². The van der Waals surface area contributed by atoms with E-state index in [9.17, 15) is 0 Å². The van der Waals surface area contributed by atoms with Crippen molar-refractivity contribution in [3.8, 4) is 16.7 Å². The SMILES string of the molecule is CC(C)Oc1ccc(Oc2ncc(Br)s2)c(Br)c1. The summed E-state index contributed by atoms with van der Waals surface area (Å²) < 4.78 is 13.0. The quantitative estimate of drug-likeness (QED) is 0.712. The molecular weight excluding hydrogens is 382 g/mol. The van der Waals surface area contributed by atoms with Crippen LogP contribution in [-0.4, -0.2) is 11.1 Å². The number of hydrogen-bond acceptors (Lipinski definition) is 4. The van der Waals surface area contributed by atoms with Crippen molar-refractivity contribution >= 4 is 43.2 Å². The smallest absolute Gasteiger partial charge is 0.279 e. The second-order valence-electron chi connectivity index (χ2n) is 3.79. The van der Waals surface area contributed by atoms with Crippen LogP contribution in [0.3, 0.4) is 0 Å². The van der Waals surface area contributed by atoms with Gasteiger partial charge in [-0.3, -0.25) is 0 Å². The van der Waals surface area contributed by atoms with Crippen LogP contribution in [0, 0.1) is 0 Å². The molecule has 0 spiro atoms. The number of halogens is 2. The van der Waals surface area contributed by atoms with E-state index in [1.165, 1.54) is 11.3 Å². The highest BCUT2D eigenvalue weighted by Gasteiger charge is 2.08. The van der Waals surface area contributed by atoms with Gasteiger partial charge >= 0.3 is 0 Å². The molecule has 0 amide bonds. The second-order valence-corrected chi connectivity index (χ2v) is 7.02. The van der Waals surface area contributed by atoms with E-state index >= 15 is 0 Å². The molecule has 2 rings (SSSR count). The summed E-state index contributed by atoms with van der Waals surface area (Å²) in [6.07, 6.45) is 1.86. The first kappa shape index (κ1) is 13.8. The molecule has 0 fully saturated rings. The number of nitrogens with zero attached hydrogens (tertiary/aromatic N) is 1. The molecule has 1 heterocycles. The normalized spacial score (nSPS) is 10.7. The van der Waals surface area contributed by atoms with Gasteiger partial charge in [-0.1, -0.05) is 11.3 Å². The summed E-state index contributed by atoms with van der Waals surface area (Å²) in [5.74, 6) is 1.53. The molecule has 0 unspecified atom stereocenters. The highest BCUT2D eigenvalue weighted by Crippen LogP contribution is 2.35. The van der Waals surface area contributed by atoms with E-state index in [2.05, 4.69) is 36.8 Å². The summed E-state index contributed by atoms with van der Waals surface area (Å²) in [7, 11) is 0. The van der Waals surface area contributed by atoms with Crippen LogP contribution in [0.1, 0.15) is 13.8 Å². The maximum absolute atomic E-state index is 5.66. The van der Waals surface area contributed by atoms with Crippen LogP contribution in [0.15, 0.2) is 32.7 Å². The van der Waals surface area contributed by atoms with Crippen LogP contribution in [0.25, 0.3) is 0 Å². The molecule has 18 heavy (non-hydrogen) atoms. The molecule has 3 nitrogen and oxygen atoms in total. The van der Waals surface area contributed by atoms with E-state index in [1.807, 2.05) is 32.0 Å². The predicted octanol–water partition coefficient (Wildman–Crippen LogP) is 5.25. The standard InChI is InChI=1S/C12H11Br2NO2S/c1-7(2)16-8-3-4-10(9(13)5-8)17-12-15-6-11(14)18-12/h3-7H,1-2H3. The Morgan fingerprint density at radius 3 is 2.61 bits per heavy atom. The Hall–Kier alpha value is -0.590. The molecule has 1 aromatic carbocycles. The Balaban J connectivity index is 2.14. The van der Waals surface area contributed by atoms with Crippen LogP contribution in [0.4, 0.5) is 0 Å². The molecule has 2 aromatic rings. The molecule has 0 aliphatic carbocycles. The van der Waals surface area contributed by atoms with E-state index in [1.54, 1.807) is 6.20 Å². The van der Waals surface area contributed by atoms with Crippen molar-refractivity contribution in [1.29, 1.82) is 0 Å². The maximum Gasteiger partial charge on any atom is 0.279 e. The van der Waals surface area contributed by atoms with E-state index in [0.717, 1.165) is 14.0 Å². The highest BCUT2D eigenvalue weighted by atomic mass is 79.9. The molecule has 96 valence electrons. The van der Waals surface area contributed by atoms with E-state index in [0.29, 0.717) is 10.9 Å². The first-order valence-electron chi connectivity index (χ1n) is 5.30. The maximum atomic E-state index is 5.66. The zero-order chi connectivity index (χ0) is 13.1. The Kier molecular flexibility index (Phi) is 4.64. The first-order valence-corrected chi connectivity index (χ1v) is 7.70. The van der Waals surface area contributed by atoms with Gasteiger partial charge in [0, 0.05) is 0 Å². The molecule has 0 radical (unpaired) electrons. The molecule has 1 aromatic heterocycles. The Morgan fingerprint density at radius 1 is 1.28 bits per heavy atom. The molecular formula is C12H11Br2NO2S. The molecule has 0 aliphatic rings. The van der Waals surface area contributed by atoms with Gasteiger partial charge in [0.15, 0.2) is 0 Å². The van der Waals surface area contributed by atoms with Gasteiger partial charge in [0.1, 0.15) is 11.5 Å². The van der Waals surface area contributed by atoms with Crippen LogP contribution in [0.5, 0.6) is 16.7 Å². The monoisotopic (exact) mass is 391 g/mol. The lowest BCUT2D eigenvalue weighted by molar-refractivity contribution is 0.242. The zero-order valence-corrected chi connectivity index (χ0v) is 13.8. The van der Waals surface area contributed by atoms with Crippen molar-refractivity contribution in [3.05, 3.63) is 32.7 Å². The van der Waals surface area contributed by atoms with Gasteiger partial charge in [-0.05, 0) is 63.9 Å². The van der Waals surface area contributed by atoms with Gasteiger partial charge in [-0.15, -0.1) is 0 Å². The number of benzene rings is 1. The molecule has 0 bridgehead atoms. The molecule has 0 aliphatic heterocycles. The number of thiazole rings is 1. The van der Waals surface area contributed by atoms with Gasteiger partial charge in [-0.2, -0.15) is 0 Å². The predicted molar refractivity (Wildman–Crippen MR) is 79.8 cm³/mol. The minimum absolute atomic E-state index is 0.151. The van der Waals surface area contributed by atoms with Crippen molar-refractivity contribution in [1.82, 2.24) is 4.98 Å². The van der Waals surface area contributed by atoms with Crippen molar-refractivity contribution in [3.63, 3.8) is 0 Å². The number of rotatable bonds is 4. The minimum Gasteiger partial charge on any atom is -0.491 e. The topological polar surface area (TPSA) is 31.4 Å². The number of aromatic nitrogens is 1. The Bertz CT molecular complexity index is 543. The number of ether oxygens (including phenoxy) is 2. The Labute approximate surface area is 126 Å². The molecule has 0 N–H and O–H groups in total. The van der Waals surface area contributed by atoms with Crippen molar-refractivity contribution < 1.29 is 9.47 Å². The first-order chi connectivity index (χ1) is 8.54. The summed E-state index contributed by atoms with van der Waals surface area (Å²) in [5, 5.41) is 0.597. The lowest BCUT2D eigenvalue weighted by Gasteiger charge is -2.11. The van der Waals surface area contributed by atoms with Crippen LogP contribution < -0.4 is 9.47 Å². The van der Waals surface area contributed by atoms with Gasteiger partial charge in [-0.25, -0.2) is 4.98 Å². The summed E-state index contributed by atoms with van der Waals surface area (Å²) in [6, 6.07) is 5.62. The van der Waals surface area contributed by atoms with Crippen LogP contribution in [-0.2, 0) is 0 Å². The Morgan fingerprint density at radius 2 is 2.06 bits per heavy atom. The summed E-state index contributed by atoms with van der Waals surface area (Å²) >= 11 is 8.25. The van der Waals surface area contributed by atoms with Crippen molar-refractivity contribution in [2.24, 2.45) is 0 Å². The third-order valence-corrected chi connectivity index (χ3v) is 3.90. The second kappa shape index (κ2) is 6.04. The molecule has 0 saturated carbocycles. The fraction of sp³-hybridized carbons (Fsp3) is 0.250. The molecule has 6 heteroatoms. The minimum atomic E-state index is 0.151. The summed E-state index contributed by atoms with van der Waals surface area (Å²) in [6.45, 7) is 3.98. The lowest BCUT2D eigenvalue weighted by Crippen LogP contribution is -2.05. The van der Waals surface area contributed by atoms with E-state index in [4.69, 9.17) is 9.47 Å². The lowest BCUT2D eigenvalue weighted by atomic mass is 10.3. The van der Waals surface area contributed by atoms with Gasteiger partial charge in [0.05, 0.1) is 20.6 Å². The average Bonchev–Trinajstić information content (AvgIpc) is 2.67. The van der Waals surface area contributed by atoms with Gasteiger partial charge in [0.2, 0.25) is 0 Å². The number of hydrogen-bond donors (Lipinski definition) is 0. The summed E-state index contributed by atoms with van der Waals surface area (Å²) in [4.78, 5) is 4.12. The fourth-order valence-electron chi connectivity index (χ4n) is 1.29. The fourth-order valence-corrected chi connectivity index (χ4v) is 2.76. The third kappa shape index (κ3) is 3.70.